The molecule has 1 atom stereocenters. The van der Waals surface area contributed by atoms with Crippen LogP contribution in [-0.2, 0) is 11.2 Å². The van der Waals surface area contributed by atoms with E-state index < -0.39 is 12.3 Å². The Kier molecular flexibility index (Phi) is 8.20. The van der Waals surface area contributed by atoms with Crippen LogP contribution < -0.4 is 4.74 Å². The summed E-state index contributed by atoms with van der Waals surface area (Å²) in [5.41, 5.74) is 3.81. The number of H-pyrrole nitrogens is 1. The molecule has 0 radical (unpaired) electrons. The van der Waals surface area contributed by atoms with Crippen molar-refractivity contribution in [3.05, 3.63) is 75.6 Å². The Morgan fingerprint density at radius 3 is 2.53 bits per heavy atom. The van der Waals surface area contributed by atoms with Gasteiger partial charge >= 0.3 is 12.3 Å². The molecule has 5 nitrogen and oxygen atoms in total. The van der Waals surface area contributed by atoms with Gasteiger partial charge in [-0.3, -0.25) is 9.89 Å². The quantitative estimate of drug-likeness (QED) is 0.294. The van der Waals surface area contributed by atoms with Crippen LogP contribution in [0, 0.1) is 6.92 Å². The zero-order valence-corrected chi connectivity index (χ0v) is 20.3. The molecule has 3 rings (SSSR count). The molecule has 0 fully saturated rings. The van der Waals surface area contributed by atoms with E-state index in [1.165, 1.54) is 17.8 Å². The topological polar surface area (TPSA) is 75.2 Å². The second-order valence-corrected chi connectivity index (χ2v) is 9.72. The molecule has 2 aromatic carbocycles. The number of carboxylic acid groups (broad SMARTS) is 1. The van der Waals surface area contributed by atoms with Crippen molar-refractivity contribution in [3.8, 4) is 5.75 Å². The Balaban J connectivity index is 2.00. The molecular weight excluding hydrogens is 489 g/mol. The third-order valence-electron chi connectivity index (χ3n) is 5.24. The summed E-state index contributed by atoms with van der Waals surface area (Å²) in [4.78, 5) is 11.8. The van der Waals surface area contributed by atoms with Gasteiger partial charge in [-0.15, -0.1) is 24.9 Å². The van der Waals surface area contributed by atoms with Crippen molar-refractivity contribution in [2.24, 2.45) is 0 Å². The minimum atomic E-state index is -4.85. The number of aryl methyl sites for hydroxylation is 2. The van der Waals surface area contributed by atoms with E-state index in [4.69, 9.17) is 16.7 Å². The number of nitrogens with zero attached hydrogens (tertiary/aromatic N) is 1. The number of ether oxygens (including phenoxy) is 1. The first kappa shape index (κ1) is 26.0. The number of hydrogen-bond acceptors (Lipinski definition) is 4. The number of hydrogen-bond donors (Lipinski definition) is 2. The van der Waals surface area contributed by atoms with Crippen molar-refractivity contribution in [1.82, 2.24) is 10.2 Å². The van der Waals surface area contributed by atoms with Crippen LogP contribution in [0.5, 0.6) is 5.75 Å². The fourth-order valence-corrected chi connectivity index (χ4v) is 5.05. The lowest BCUT2D eigenvalue weighted by molar-refractivity contribution is -0.274. The molecular formula is C24H24ClF3N2O3S. The molecule has 0 bridgehead atoms. The molecule has 1 heterocycles. The fourth-order valence-electron chi connectivity index (χ4n) is 3.57. The summed E-state index contributed by atoms with van der Waals surface area (Å²) in [5, 5.41) is 15.3. The average molecular weight is 513 g/mol. The van der Waals surface area contributed by atoms with Crippen LogP contribution in [0.25, 0.3) is 0 Å². The molecule has 3 aromatic rings. The molecule has 34 heavy (non-hydrogen) atoms. The first-order valence-corrected chi connectivity index (χ1v) is 11.8. The smallest absolute Gasteiger partial charge is 0.481 e. The Hall–Kier alpha value is -2.65. The summed E-state index contributed by atoms with van der Waals surface area (Å²) >= 11 is 7.79. The van der Waals surface area contributed by atoms with Crippen LogP contribution in [0.1, 0.15) is 59.3 Å². The third kappa shape index (κ3) is 6.70. The van der Waals surface area contributed by atoms with Crippen LogP contribution in [0.15, 0.2) is 47.6 Å². The number of aliphatic carboxylic acids is 1. The van der Waals surface area contributed by atoms with E-state index in [0.717, 1.165) is 21.6 Å². The molecule has 2 N–H and O–H groups in total. The number of benzene rings is 2. The number of alkyl halides is 3. The monoisotopic (exact) mass is 512 g/mol. The number of nitrogens with one attached hydrogen (secondary N) is 1. The summed E-state index contributed by atoms with van der Waals surface area (Å²) in [6.45, 7) is 5.47. The highest BCUT2D eigenvalue weighted by molar-refractivity contribution is 7.99. The van der Waals surface area contributed by atoms with Crippen molar-refractivity contribution < 1.29 is 27.8 Å². The van der Waals surface area contributed by atoms with Gasteiger partial charge in [-0.1, -0.05) is 37.6 Å². The number of carbonyl (C=O) groups is 1. The summed E-state index contributed by atoms with van der Waals surface area (Å²) in [5.74, 6) is -1.50. The van der Waals surface area contributed by atoms with Gasteiger partial charge in [0.25, 0.3) is 0 Å². The summed E-state index contributed by atoms with van der Waals surface area (Å²) in [6.07, 6.45) is -0.976. The lowest BCUT2D eigenvalue weighted by Gasteiger charge is -2.22. The molecule has 0 aliphatic carbocycles. The van der Waals surface area contributed by atoms with Crippen molar-refractivity contribution in [3.63, 3.8) is 0 Å². The predicted molar refractivity (Wildman–Crippen MR) is 126 cm³/mol. The van der Waals surface area contributed by atoms with Crippen LogP contribution in [-0.4, -0.2) is 27.6 Å². The van der Waals surface area contributed by atoms with E-state index in [-0.39, 0.29) is 28.4 Å². The van der Waals surface area contributed by atoms with Gasteiger partial charge in [0.2, 0.25) is 0 Å². The molecule has 0 spiro atoms. The predicted octanol–water partition coefficient (Wildman–Crippen LogP) is 7.29. The van der Waals surface area contributed by atoms with Gasteiger partial charge in [0.15, 0.2) is 5.75 Å². The van der Waals surface area contributed by atoms with Crippen LogP contribution in [0.3, 0.4) is 0 Å². The fraction of sp³-hybridized carbons (Fsp3) is 0.333. The Morgan fingerprint density at radius 1 is 1.24 bits per heavy atom. The maximum Gasteiger partial charge on any atom is 0.573 e. The Bertz CT molecular complexity index is 1150. The minimum Gasteiger partial charge on any atom is -0.481 e. The summed E-state index contributed by atoms with van der Waals surface area (Å²) in [7, 11) is 0. The molecule has 1 aromatic heterocycles. The first-order chi connectivity index (χ1) is 15.9. The maximum atomic E-state index is 13.0. The number of thioether (sulfide) groups is 1. The maximum absolute atomic E-state index is 13.0. The van der Waals surface area contributed by atoms with E-state index >= 15 is 0 Å². The van der Waals surface area contributed by atoms with Gasteiger partial charge in [0.05, 0.1) is 16.5 Å². The van der Waals surface area contributed by atoms with Crippen molar-refractivity contribution in [1.29, 1.82) is 0 Å². The lowest BCUT2D eigenvalue weighted by Crippen LogP contribution is -2.19. The summed E-state index contributed by atoms with van der Waals surface area (Å²) in [6, 6.07) is 8.97. The highest BCUT2D eigenvalue weighted by Gasteiger charge is 2.34. The molecule has 1 unspecified atom stereocenters. The number of carboxylic acids is 1. The first-order valence-electron chi connectivity index (χ1n) is 10.5. The van der Waals surface area contributed by atoms with Crippen molar-refractivity contribution in [2.45, 2.75) is 56.0 Å². The Morgan fingerprint density at radius 2 is 1.97 bits per heavy atom. The number of aromatic nitrogens is 2. The van der Waals surface area contributed by atoms with Crippen LogP contribution in [0.2, 0.25) is 5.02 Å². The molecule has 0 amide bonds. The highest BCUT2D eigenvalue weighted by Crippen LogP contribution is 2.45. The van der Waals surface area contributed by atoms with E-state index in [0.29, 0.717) is 17.5 Å². The zero-order chi connectivity index (χ0) is 25.0. The Labute approximate surface area is 204 Å². The van der Waals surface area contributed by atoms with Gasteiger partial charge in [0.1, 0.15) is 0 Å². The van der Waals surface area contributed by atoms with Gasteiger partial charge in [-0.25, -0.2) is 0 Å². The average Bonchev–Trinajstić information content (AvgIpc) is 3.26. The standard InChI is InChI=1S/C24H24ClF3N2O3S/c1-13(2)19-9-16(10-20(25)22(19)33-24(26,27)28)23(17-11-29-30-12-17)34-18-6-4-15(14(3)8-18)5-7-21(31)32/h4,6,8-13,23H,5,7H2,1-3H3,(H,29,30)(H,31,32). The van der Waals surface area contributed by atoms with E-state index in [1.807, 2.05) is 25.1 Å². The van der Waals surface area contributed by atoms with Gasteiger partial charge < -0.3 is 9.84 Å². The SMILES string of the molecule is Cc1cc(SC(c2cn[nH]c2)c2cc(Cl)c(OC(F)(F)F)c(C(C)C)c2)ccc1CCC(=O)O. The second-order valence-electron chi connectivity index (χ2n) is 8.14. The van der Waals surface area contributed by atoms with Gasteiger partial charge in [-0.05, 0) is 59.7 Å². The van der Waals surface area contributed by atoms with Gasteiger partial charge in [-0.2, -0.15) is 5.10 Å². The lowest BCUT2D eigenvalue weighted by atomic mass is 9.97. The molecule has 0 aliphatic heterocycles. The van der Waals surface area contributed by atoms with E-state index in [9.17, 15) is 18.0 Å². The second kappa shape index (κ2) is 10.7. The third-order valence-corrected chi connectivity index (χ3v) is 6.82. The largest absolute Gasteiger partial charge is 0.573 e. The van der Waals surface area contributed by atoms with Crippen LogP contribution in [0.4, 0.5) is 13.2 Å². The zero-order valence-electron chi connectivity index (χ0n) is 18.7. The van der Waals surface area contributed by atoms with Crippen LogP contribution >= 0.6 is 23.4 Å². The van der Waals surface area contributed by atoms with Crippen molar-refractivity contribution >= 4 is 29.3 Å². The van der Waals surface area contributed by atoms with Gasteiger partial charge in [0, 0.05) is 23.1 Å². The molecule has 0 saturated carbocycles. The highest BCUT2D eigenvalue weighted by atomic mass is 35.5. The molecule has 0 saturated heterocycles. The number of aromatic amines is 1. The number of rotatable bonds is 9. The van der Waals surface area contributed by atoms with E-state index in [1.54, 1.807) is 32.3 Å². The number of halogens is 4. The summed E-state index contributed by atoms with van der Waals surface area (Å²) < 4.78 is 43.2. The molecule has 10 heteroatoms. The minimum absolute atomic E-state index is 0.0494. The van der Waals surface area contributed by atoms with E-state index in [2.05, 4.69) is 14.9 Å². The normalized spacial score (nSPS) is 12.7. The molecule has 182 valence electrons. The van der Waals surface area contributed by atoms with Crippen molar-refractivity contribution in [2.75, 3.05) is 0 Å². The molecule has 0 aliphatic rings.